The average molecular weight is 254 g/mol. The quantitative estimate of drug-likeness (QED) is 0.894. The highest BCUT2D eigenvalue weighted by Gasteiger charge is 2.22. The van der Waals surface area contributed by atoms with Crippen LogP contribution in [0, 0.1) is 0 Å². The number of pyridine rings is 1. The molecule has 0 spiro atoms. The van der Waals surface area contributed by atoms with Gasteiger partial charge in [-0.2, -0.15) is 0 Å². The van der Waals surface area contributed by atoms with Crippen molar-refractivity contribution < 1.29 is 0 Å². The summed E-state index contributed by atoms with van der Waals surface area (Å²) >= 11 is 5.88. The van der Waals surface area contributed by atoms with Gasteiger partial charge in [0, 0.05) is 18.8 Å². The Morgan fingerprint density at radius 2 is 2.35 bits per heavy atom. The minimum Gasteiger partial charge on any atom is -0.354 e. The van der Waals surface area contributed by atoms with Gasteiger partial charge in [0.15, 0.2) is 0 Å². The Balaban J connectivity index is 2.07. The van der Waals surface area contributed by atoms with Crippen LogP contribution in [-0.4, -0.2) is 31.2 Å². The second-order valence-corrected chi connectivity index (χ2v) is 5.01. The summed E-state index contributed by atoms with van der Waals surface area (Å²) in [6.07, 6.45) is 6.78. The standard InChI is InChI=1S/C13H20ClN3/c1-15-8-7-12-4-2-3-9-17(12)13-6-5-11(14)10-16-13/h5-6,10,12,15H,2-4,7-9H2,1H3. The lowest BCUT2D eigenvalue weighted by molar-refractivity contribution is 0.430. The van der Waals surface area contributed by atoms with Crippen LogP contribution in [0.1, 0.15) is 25.7 Å². The number of rotatable bonds is 4. The molecule has 0 bridgehead atoms. The third-order valence-corrected chi connectivity index (χ3v) is 3.58. The molecule has 94 valence electrons. The van der Waals surface area contributed by atoms with E-state index < -0.39 is 0 Å². The first-order valence-corrected chi connectivity index (χ1v) is 6.72. The molecular weight excluding hydrogens is 234 g/mol. The van der Waals surface area contributed by atoms with Gasteiger partial charge in [0.05, 0.1) is 5.02 Å². The lowest BCUT2D eigenvalue weighted by atomic mass is 9.99. The van der Waals surface area contributed by atoms with Crippen LogP contribution < -0.4 is 10.2 Å². The first-order valence-electron chi connectivity index (χ1n) is 6.34. The Morgan fingerprint density at radius 1 is 1.47 bits per heavy atom. The van der Waals surface area contributed by atoms with Gasteiger partial charge in [-0.05, 0) is 51.4 Å². The maximum absolute atomic E-state index is 5.88. The molecular formula is C13H20ClN3. The molecule has 0 aromatic carbocycles. The third kappa shape index (κ3) is 3.33. The van der Waals surface area contributed by atoms with Gasteiger partial charge in [-0.1, -0.05) is 11.6 Å². The van der Waals surface area contributed by atoms with Gasteiger partial charge in [0.1, 0.15) is 5.82 Å². The van der Waals surface area contributed by atoms with Gasteiger partial charge in [-0.25, -0.2) is 4.98 Å². The Bertz CT molecular complexity index is 339. The summed E-state index contributed by atoms with van der Waals surface area (Å²) < 4.78 is 0. The van der Waals surface area contributed by atoms with Crippen LogP contribution in [0.25, 0.3) is 0 Å². The largest absolute Gasteiger partial charge is 0.354 e. The van der Waals surface area contributed by atoms with E-state index in [1.165, 1.54) is 25.7 Å². The maximum atomic E-state index is 5.88. The van der Waals surface area contributed by atoms with E-state index in [2.05, 4.69) is 15.2 Å². The molecule has 1 aromatic heterocycles. The number of aromatic nitrogens is 1. The van der Waals surface area contributed by atoms with E-state index in [9.17, 15) is 0 Å². The van der Waals surface area contributed by atoms with Gasteiger partial charge in [-0.3, -0.25) is 0 Å². The number of piperidine rings is 1. The molecule has 2 heterocycles. The van der Waals surface area contributed by atoms with Gasteiger partial charge in [0.25, 0.3) is 0 Å². The van der Waals surface area contributed by atoms with E-state index >= 15 is 0 Å². The van der Waals surface area contributed by atoms with Gasteiger partial charge >= 0.3 is 0 Å². The smallest absolute Gasteiger partial charge is 0.128 e. The molecule has 0 aliphatic carbocycles. The summed E-state index contributed by atoms with van der Waals surface area (Å²) in [5, 5.41) is 3.93. The Labute approximate surface area is 108 Å². The van der Waals surface area contributed by atoms with Gasteiger partial charge in [-0.15, -0.1) is 0 Å². The zero-order valence-electron chi connectivity index (χ0n) is 10.3. The van der Waals surface area contributed by atoms with E-state index in [4.69, 9.17) is 11.6 Å². The second kappa shape index (κ2) is 6.22. The average Bonchev–Trinajstić information content (AvgIpc) is 2.38. The molecule has 3 nitrogen and oxygen atoms in total. The van der Waals surface area contributed by atoms with Gasteiger partial charge in [0.2, 0.25) is 0 Å². The summed E-state index contributed by atoms with van der Waals surface area (Å²) in [6, 6.07) is 4.57. The Morgan fingerprint density at radius 3 is 3.06 bits per heavy atom. The van der Waals surface area contributed by atoms with E-state index in [0.717, 1.165) is 18.9 Å². The Kier molecular flexibility index (Phi) is 4.63. The summed E-state index contributed by atoms with van der Waals surface area (Å²) in [5.41, 5.74) is 0. The monoisotopic (exact) mass is 253 g/mol. The van der Waals surface area contributed by atoms with Crippen molar-refractivity contribution in [3.05, 3.63) is 23.4 Å². The SMILES string of the molecule is CNCCC1CCCCN1c1ccc(Cl)cn1. The molecule has 1 aliphatic rings. The van der Waals surface area contributed by atoms with Crippen molar-refractivity contribution in [1.82, 2.24) is 10.3 Å². The van der Waals surface area contributed by atoms with Gasteiger partial charge < -0.3 is 10.2 Å². The molecule has 0 radical (unpaired) electrons. The summed E-state index contributed by atoms with van der Waals surface area (Å²) in [7, 11) is 2.01. The van der Waals surface area contributed by atoms with Crippen molar-refractivity contribution in [2.45, 2.75) is 31.7 Å². The van der Waals surface area contributed by atoms with E-state index in [1.807, 2.05) is 19.2 Å². The summed E-state index contributed by atoms with van der Waals surface area (Å²) in [6.45, 7) is 2.18. The number of nitrogens with zero attached hydrogens (tertiary/aromatic N) is 2. The van der Waals surface area contributed by atoms with Crippen molar-refractivity contribution >= 4 is 17.4 Å². The predicted octanol–water partition coefficient (Wildman–Crippen LogP) is 2.70. The molecule has 0 saturated carbocycles. The molecule has 1 aromatic rings. The van der Waals surface area contributed by atoms with Crippen molar-refractivity contribution in [2.75, 3.05) is 25.0 Å². The fourth-order valence-corrected chi connectivity index (χ4v) is 2.56. The molecule has 17 heavy (non-hydrogen) atoms. The summed E-state index contributed by atoms with van der Waals surface area (Å²) in [5.74, 6) is 1.07. The predicted molar refractivity (Wildman–Crippen MR) is 72.8 cm³/mol. The first kappa shape index (κ1) is 12.7. The van der Waals surface area contributed by atoms with Crippen LogP contribution in [0.4, 0.5) is 5.82 Å². The minimum atomic E-state index is 0.616. The highest BCUT2D eigenvalue weighted by Crippen LogP contribution is 2.25. The third-order valence-electron chi connectivity index (χ3n) is 3.36. The lowest BCUT2D eigenvalue weighted by Gasteiger charge is -2.36. The number of anilines is 1. The maximum Gasteiger partial charge on any atom is 0.128 e. The molecule has 1 unspecified atom stereocenters. The normalized spacial score (nSPS) is 20.6. The number of nitrogens with one attached hydrogen (secondary N) is 1. The summed E-state index contributed by atoms with van der Waals surface area (Å²) in [4.78, 5) is 6.86. The molecule has 0 amide bonds. The van der Waals surface area contributed by atoms with Crippen LogP contribution in [0.5, 0.6) is 0 Å². The zero-order chi connectivity index (χ0) is 12.1. The van der Waals surface area contributed by atoms with E-state index in [1.54, 1.807) is 6.20 Å². The number of hydrogen-bond donors (Lipinski definition) is 1. The molecule has 1 aliphatic heterocycles. The fourth-order valence-electron chi connectivity index (χ4n) is 2.45. The molecule has 1 N–H and O–H groups in total. The molecule has 4 heteroatoms. The van der Waals surface area contributed by atoms with Crippen LogP contribution >= 0.6 is 11.6 Å². The van der Waals surface area contributed by atoms with Crippen molar-refractivity contribution in [3.63, 3.8) is 0 Å². The molecule has 1 atom stereocenters. The van der Waals surface area contributed by atoms with Crippen molar-refractivity contribution in [1.29, 1.82) is 0 Å². The Hall–Kier alpha value is -0.800. The highest BCUT2D eigenvalue weighted by molar-refractivity contribution is 6.30. The highest BCUT2D eigenvalue weighted by atomic mass is 35.5. The van der Waals surface area contributed by atoms with Crippen molar-refractivity contribution in [3.8, 4) is 0 Å². The van der Waals surface area contributed by atoms with Crippen LogP contribution in [0.3, 0.4) is 0 Å². The van der Waals surface area contributed by atoms with Crippen LogP contribution in [0.15, 0.2) is 18.3 Å². The molecule has 1 saturated heterocycles. The van der Waals surface area contributed by atoms with E-state index in [-0.39, 0.29) is 0 Å². The fraction of sp³-hybridized carbons (Fsp3) is 0.615. The topological polar surface area (TPSA) is 28.2 Å². The molecule has 1 fully saturated rings. The lowest BCUT2D eigenvalue weighted by Crippen LogP contribution is -2.41. The zero-order valence-corrected chi connectivity index (χ0v) is 11.1. The van der Waals surface area contributed by atoms with E-state index in [0.29, 0.717) is 11.1 Å². The number of hydrogen-bond acceptors (Lipinski definition) is 3. The number of halogens is 1. The van der Waals surface area contributed by atoms with Crippen LogP contribution in [-0.2, 0) is 0 Å². The molecule has 2 rings (SSSR count). The van der Waals surface area contributed by atoms with Crippen molar-refractivity contribution in [2.24, 2.45) is 0 Å². The van der Waals surface area contributed by atoms with Crippen LogP contribution in [0.2, 0.25) is 5.02 Å². The first-order chi connectivity index (χ1) is 8.31. The minimum absolute atomic E-state index is 0.616. The second-order valence-electron chi connectivity index (χ2n) is 4.57.